The second-order valence-electron chi connectivity index (χ2n) is 4.12. The third-order valence-electron chi connectivity index (χ3n) is 2.75. The van der Waals surface area contributed by atoms with Gasteiger partial charge in [0.2, 0.25) is 6.29 Å². The van der Waals surface area contributed by atoms with Crippen molar-refractivity contribution in [3.63, 3.8) is 0 Å². The molecule has 102 valence electrons. The summed E-state index contributed by atoms with van der Waals surface area (Å²) in [6.45, 7) is 9.39. The number of furan rings is 1. The predicted molar refractivity (Wildman–Crippen MR) is 73.5 cm³/mol. The Labute approximate surface area is 113 Å². The number of nitrogens with one attached hydrogen (secondary N) is 1. The first-order valence-electron chi connectivity index (χ1n) is 6.34. The number of hydrogen-bond donors (Lipinski definition) is 1. The zero-order chi connectivity index (χ0) is 13.5. The normalized spacial score (nSPS) is 16.5. The van der Waals surface area contributed by atoms with Crippen LogP contribution in [0, 0.1) is 0 Å². The van der Waals surface area contributed by atoms with E-state index in [0.717, 1.165) is 30.2 Å². The van der Waals surface area contributed by atoms with Gasteiger partial charge in [-0.05, 0) is 24.3 Å². The Kier molecular flexibility index (Phi) is 5.01. The maximum absolute atomic E-state index is 5.69. The van der Waals surface area contributed by atoms with Crippen LogP contribution in [-0.4, -0.2) is 19.8 Å². The second-order valence-corrected chi connectivity index (χ2v) is 4.12. The van der Waals surface area contributed by atoms with E-state index in [-0.39, 0.29) is 6.29 Å². The minimum atomic E-state index is -0.342. The van der Waals surface area contributed by atoms with E-state index in [2.05, 4.69) is 18.5 Å². The van der Waals surface area contributed by atoms with Crippen LogP contribution >= 0.6 is 0 Å². The lowest BCUT2D eigenvalue weighted by molar-refractivity contribution is -0.0593. The summed E-state index contributed by atoms with van der Waals surface area (Å²) in [5.74, 6) is 1.64. The molecule has 1 aromatic rings. The third kappa shape index (κ3) is 3.84. The van der Waals surface area contributed by atoms with Gasteiger partial charge in [-0.3, -0.25) is 0 Å². The van der Waals surface area contributed by atoms with Gasteiger partial charge in [-0.25, -0.2) is 0 Å². The highest BCUT2D eigenvalue weighted by atomic mass is 16.7. The van der Waals surface area contributed by atoms with E-state index in [0.29, 0.717) is 13.2 Å². The van der Waals surface area contributed by atoms with E-state index in [1.54, 1.807) is 12.2 Å². The van der Waals surface area contributed by atoms with Gasteiger partial charge < -0.3 is 19.2 Å². The van der Waals surface area contributed by atoms with E-state index in [9.17, 15) is 0 Å². The molecule has 2 heterocycles. The topological polar surface area (TPSA) is 43.6 Å². The van der Waals surface area contributed by atoms with Gasteiger partial charge in [0, 0.05) is 18.7 Å². The molecule has 0 amide bonds. The molecule has 0 saturated carbocycles. The smallest absolute Gasteiger partial charge is 0.217 e. The summed E-state index contributed by atoms with van der Waals surface area (Å²) in [6, 6.07) is 3.85. The molecule has 0 atom stereocenters. The van der Waals surface area contributed by atoms with Crippen LogP contribution in [0.5, 0.6) is 0 Å². The molecule has 1 aliphatic rings. The predicted octanol–water partition coefficient (Wildman–Crippen LogP) is 2.71. The first-order chi connectivity index (χ1) is 9.33. The Morgan fingerprint density at radius 1 is 1.32 bits per heavy atom. The molecule has 0 aromatic carbocycles. The highest BCUT2D eigenvalue weighted by molar-refractivity contribution is 5.19. The minimum Gasteiger partial charge on any atom is -0.461 e. The molecule has 0 aliphatic carbocycles. The molecule has 1 aromatic heterocycles. The summed E-state index contributed by atoms with van der Waals surface area (Å²) >= 11 is 0. The fraction of sp³-hybridized carbons (Fsp3) is 0.333. The maximum atomic E-state index is 5.69. The van der Waals surface area contributed by atoms with E-state index >= 15 is 0 Å². The number of allylic oxidation sites excluding steroid dienone is 3. The summed E-state index contributed by atoms with van der Waals surface area (Å²) in [5.41, 5.74) is 0.948. The lowest BCUT2D eigenvalue weighted by atomic mass is 10.3. The van der Waals surface area contributed by atoms with E-state index in [1.807, 2.05) is 18.2 Å². The van der Waals surface area contributed by atoms with Gasteiger partial charge in [-0.1, -0.05) is 19.2 Å². The molecule has 1 saturated heterocycles. The molecule has 0 bridgehead atoms. The van der Waals surface area contributed by atoms with Crippen molar-refractivity contribution >= 4 is 0 Å². The largest absolute Gasteiger partial charge is 0.461 e. The fourth-order valence-corrected chi connectivity index (χ4v) is 1.83. The molecule has 4 nitrogen and oxygen atoms in total. The van der Waals surface area contributed by atoms with Crippen molar-refractivity contribution in [3.05, 3.63) is 60.7 Å². The summed E-state index contributed by atoms with van der Waals surface area (Å²) in [6.07, 6.45) is 5.81. The Bertz CT molecular complexity index is 456. The average Bonchev–Trinajstić information content (AvgIpc) is 3.08. The van der Waals surface area contributed by atoms with Crippen molar-refractivity contribution in [2.75, 3.05) is 19.8 Å². The fourth-order valence-electron chi connectivity index (χ4n) is 1.83. The Morgan fingerprint density at radius 2 is 2.11 bits per heavy atom. The molecule has 1 N–H and O–H groups in total. The van der Waals surface area contributed by atoms with Crippen LogP contribution in [0.3, 0.4) is 0 Å². The molecular weight excluding hydrogens is 242 g/mol. The Morgan fingerprint density at radius 3 is 2.79 bits per heavy atom. The summed E-state index contributed by atoms with van der Waals surface area (Å²) in [5, 5.41) is 3.25. The second kappa shape index (κ2) is 6.97. The van der Waals surface area contributed by atoms with Gasteiger partial charge >= 0.3 is 0 Å². The average molecular weight is 261 g/mol. The van der Waals surface area contributed by atoms with Gasteiger partial charge in [-0.2, -0.15) is 0 Å². The standard InChI is InChI=1S/C15H19NO3/c1-3-5-12(4-2)16-9-8-13-6-7-14(19-13)15-17-10-11-18-15/h3-7,15-16H,1-2,8-11H2/b12-5+. The molecular formula is C15H19NO3. The molecule has 1 fully saturated rings. The van der Waals surface area contributed by atoms with Crippen LogP contribution in [-0.2, 0) is 15.9 Å². The van der Waals surface area contributed by atoms with Crippen molar-refractivity contribution in [1.82, 2.24) is 5.32 Å². The van der Waals surface area contributed by atoms with Crippen molar-refractivity contribution in [2.45, 2.75) is 12.7 Å². The van der Waals surface area contributed by atoms with Crippen molar-refractivity contribution in [3.8, 4) is 0 Å². The van der Waals surface area contributed by atoms with Crippen LogP contribution in [0.25, 0.3) is 0 Å². The summed E-state index contributed by atoms with van der Waals surface area (Å²) in [7, 11) is 0. The molecule has 0 unspecified atom stereocenters. The minimum absolute atomic E-state index is 0.342. The van der Waals surface area contributed by atoms with E-state index in [1.165, 1.54) is 0 Å². The lowest BCUT2D eigenvalue weighted by Gasteiger charge is -2.06. The molecule has 2 rings (SSSR count). The van der Waals surface area contributed by atoms with Crippen LogP contribution in [0.15, 0.2) is 53.6 Å². The SMILES string of the molecule is C=C/C=C(\C=C)NCCc1ccc(C2OCCO2)o1. The zero-order valence-electron chi connectivity index (χ0n) is 10.9. The van der Waals surface area contributed by atoms with Crippen LogP contribution in [0.4, 0.5) is 0 Å². The Balaban J connectivity index is 1.81. The zero-order valence-corrected chi connectivity index (χ0v) is 10.9. The van der Waals surface area contributed by atoms with Gasteiger partial charge in [-0.15, -0.1) is 0 Å². The first kappa shape index (κ1) is 13.6. The van der Waals surface area contributed by atoms with E-state index < -0.39 is 0 Å². The summed E-state index contributed by atoms with van der Waals surface area (Å²) in [4.78, 5) is 0. The van der Waals surface area contributed by atoms with Crippen molar-refractivity contribution < 1.29 is 13.9 Å². The van der Waals surface area contributed by atoms with Crippen LogP contribution < -0.4 is 5.32 Å². The first-order valence-corrected chi connectivity index (χ1v) is 6.34. The number of rotatable bonds is 7. The van der Waals surface area contributed by atoms with E-state index in [4.69, 9.17) is 13.9 Å². The van der Waals surface area contributed by atoms with Gasteiger partial charge in [0.25, 0.3) is 0 Å². The quantitative estimate of drug-likeness (QED) is 0.766. The van der Waals surface area contributed by atoms with Gasteiger partial charge in [0.05, 0.1) is 13.2 Å². The summed E-state index contributed by atoms with van der Waals surface area (Å²) < 4.78 is 16.4. The number of hydrogen-bond acceptors (Lipinski definition) is 4. The molecule has 4 heteroatoms. The van der Waals surface area contributed by atoms with Crippen LogP contribution in [0.2, 0.25) is 0 Å². The van der Waals surface area contributed by atoms with Gasteiger partial charge in [0.1, 0.15) is 5.76 Å². The van der Waals surface area contributed by atoms with Crippen LogP contribution in [0.1, 0.15) is 17.8 Å². The monoisotopic (exact) mass is 261 g/mol. The van der Waals surface area contributed by atoms with Crippen molar-refractivity contribution in [2.24, 2.45) is 0 Å². The van der Waals surface area contributed by atoms with Gasteiger partial charge in [0.15, 0.2) is 5.76 Å². The molecule has 0 radical (unpaired) electrons. The third-order valence-corrected chi connectivity index (χ3v) is 2.75. The molecule has 0 spiro atoms. The molecule has 1 aliphatic heterocycles. The lowest BCUT2D eigenvalue weighted by Crippen LogP contribution is -2.15. The highest BCUT2D eigenvalue weighted by Crippen LogP contribution is 2.24. The van der Waals surface area contributed by atoms with Crippen molar-refractivity contribution in [1.29, 1.82) is 0 Å². The highest BCUT2D eigenvalue weighted by Gasteiger charge is 2.21. The maximum Gasteiger partial charge on any atom is 0.217 e. The molecule has 19 heavy (non-hydrogen) atoms. The number of ether oxygens (including phenoxy) is 2. The Hall–Kier alpha value is -1.78.